The van der Waals surface area contributed by atoms with E-state index in [1.165, 1.54) is 28.5 Å². The molecule has 3 heteroatoms. The second-order valence-corrected chi connectivity index (χ2v) is 6.73. The molecule has 0 aliphatic carbocycles. The van der Waals surface area contributed by atoms with E-state index in [9.17, 15) is 9.90 Å². The molecule has 0 aliphatic rings. The fourth-order valence-corrected chi connectivity index (χ4v) is 3.36. The van der Waals surface area contributed by atoms with E-state index in [1.807, 2.05) is 45.0 Å². The highest BCUT2D eigenvalue weighted by Crippen LogP contribution is 2.27. The molecule has 0 radical (unpaired) electrons. The lowest BCUT2D eigenvalue weighted by atomic mass is 10.0. The number of carbonyl (C=O) groups is 1. The van der Waals surface area contributed by atoms with Crippen LogP contribution in [0.5, 0.6) is 0 Å². The average Bonchev–Trinajstić information content (AvgIpc) is 2.39. The van der Waals surface area contributed by atoms with Gasteiger partial charge in [-0.2, -0.15) is 0 Å². The summed E-state index contributed by atoms with van der Waals surface area (Å²) < 4.78 is 0. The number of benzene rings is 2. The van der Waals surface area contributed by atoms with Crippen LogP contribution >= 0.6 is 11.8 Å². The summed E-state index contributed by atoms with van der Waals surface area (Å²) in [6.07, 6.45) is 0.538. The molecule has 2 aromatic carbocycles. The Morgan fingerprint density at radius 3 is 2.10 bits per heavy atom. The average molecular weight is 300 g/mol. The zero-order chi connectivity index (χ0) is 15.4. The molecule has 0 heterocycles. The summed E-state index contributed by atoms with van der Waals surface area (Å²) >= 11 is 1.41. The fraction of sp³-hybridized carbons (Fsp3) is 0.278. The van der Waals surface area contributed by atoms with Crippen LogP contribution in [-0.2, 0) is 11.2 Å². The van der Waals surface area contributed by atoms with Crippen LogP contribution in [-0.4, -0.2) is 16.3 Å². The van der Waals surface area contributed by atoms with Crippen molar-refractivity contribution in [1.29, 1.82) is 0 Å². The van der Waals surface area contributed by atoms with Gasteiger partial charge in [-0.1, -0.05) is 47.0 Å². The summed E-state index contributed by atoms with van der Waals surface area (Å²) in [5.74, 6) is -0.764. The highest BCUT2D eigenvalue weighted by molar-refractivity contribution is 8.00. The minimum atomic E-state index is -0.764. The molecule has 1 N–H and O–H groups in total. The summed E-state index contributed by atoms with van der Waals surface area (Å²) in [7, 11) is 0. The van der Waals surface area contributed by atoms with Crippen molar-refractivity contribution < 1.29 is 9.90 Å². The molecule has 1 unspecified atom stereocenters. The number of rotatable bonds is 5. The van der Waals surface area contributed by atoms with Gasteiger partial charge in [0.2, 0.25) is 0 Å². The van der Waals surface area contributed by atoms with Crippen molar-refractivity contribution in [2.24, 2.45) is 0 Å². The summed E-state index contributed by atoms with van der Waals surface area (Å²) in [4.78, 5) is 12.5. The molecule has 110 valence electrons. The number of carboxylic acids is 1. The molecule has 0 saturated heterocycles. The molecule has 0 bridgehead atoms. The van der Waals surface area contributed by atoms with Gasteiger partial charge in [-0.25, -0.2) is 0 Å². The van der Waals surface area contributed by atoms with E-state index in [-0.39, 0.29) is 0 Å². The van der Waals surface area contributed by atoms with Gasteiger partial charge in [0.1, 0.15) is 5.25 Å². The Morgan fingerprint density at radius 2 is 1.57 bits per heavy atom. The third-order valence-corrected chi connectivity index (χ3v) is 4.47. The maximum Gasteiger partial charge on any atom is 0.317 e. The monoisotopic (exact) mass is 300 g/mol. The first-order valence-corrected chi connectivity index (χ1v) is 7.85. The summed E-state index contributed by atoms with van der Waals surface area (Å²) in [6, 6.07) is 14.2. The molecule has 2 aromatic rings. The Hall–Kier alpha value is -1.74. The summed E-state index contributed by atoms with van der Waals surface area (Å²) in [5.41, 5.74) is 4.61. The Morgan fingerprint density at radius 1 is 1.00 bits per heavy atom. The SMILES string of the molecule is Cc1ccc(SC(Cc2cc(C)cc(C)c2)C(=O)O)cc1. The first-order valence-electron chi connectivity index (χ1n) is 6.97. The van der Waals surface area contributed by atoms with Crippen molar-refractivity contribution in [3.63, 3.8) is 0 Å². The molecule has 2 nitrogen and oxygen atoms in total. The normalized spacial score (nSPS) is 12.1. The molecule has 0 aliphatic heterocycles. The standard InChI is InChI=1S/C18H20O2S/c1-12-4-6-16(7-5-12)21-17(18(19)20)11-15-9-13(2)8-14(3)10-15/h4-10,17H,11H2,1-3H3,(H,19,20). The fourth-order valence-electron chi connectivity index (χ4n) is 2.36. The van der Waals surface area contributed by atoms with Gasteiger partial charge in [-0.15, -0.1) is 11.8 Å². The zero-order valence-electron chi connectivity index (χ0n) is 12.6. The van der Waals surface area contributed by atoms with Gasteiger partial charge in [0.25, 0.3) is 0 Å². The number of aliphatic carboxylic acids is 1. The van der Waals surface area contributed by atoms with Gasteiger partial charge in [0, 0.05) is 4.90 Å². The van der Waals surface area contributed by atoms with Crippen LogP contribution in [0.1, 0.15) is 22.3 Å². The van der Waals surface area contributed by atoms with Crippen molar-refractivity contribution in [3.05, 3.63) is 64.7 Å². The second-order valence-electron chi connectivity index (χ2n) is 5.46. The molecule has 0 aromatic heterocycles. The van der Waals surface area contributed by atoms with Crippen molar-refractivity contribution in [3.8, 4) is 0 Å². The quantitative estimate of drug-likeness (QED) is 0.832. The Bertz CT molecular complexity index is 612. The first-order chi connectivity index (χ1) is 9.94. The molecule has 1 atom stereocenters. The maximum absolute atomic E-state index is 11.5. The number of hydrogen-bond donors (Lipinski definition) is 1. The van der Waals surface area contributed by atoms with Gasteiger partial charge in [0.15, 0.2) is 0 Å². The van der Waals surface area contributed by atoms with Crippen molar-refractivity contribution in [2.75, 3.05) is 0 Å². The highest BCUT2D eigenvalue weighted by atomic mass is 32.2. The lowest BCUT2D eigenvalue weighted by Gasteiger charge is -2.13. The second kappa shape index (κ2) is 6.81. The van der Waals surface area contributed by atoms with Crippen LogP contribution in [0.2, 0.25) is 0 Å². The minimum absolute atomic E-state index is 0.464. The smallest absolute Gasteiger partial charge is 0.317 e. The van der Waals surface area contributed by atoms with Gasteiger partial charge in [-0.05, 0) is 44.9 Å². The predicted octanol–water partition coefficient (Wildman–Crippen LogP) is 4.40. The van der Waals surface area contributed by atoms with Gasteiger partial charge in [0.05, 0.1) is 0 Å². The molecule has 2 rings (SSSR count). The molecule has 0 amide bonds. The van der Waals surface area contributed by atoms with Gasteiger partial charge >= 0.3 is 5.97 Å². The van der Waals surface area contributed by atoms with Gasteiger partial charge < -0.3 is 5.11 Å². The Balaban J connectivity index is 2.15. The lowest BCUT2D eigenvalue weighted by molar-refractivity contribution is -0.136. The molecule has 0 fully saturated rings. The molecule has 0 spiro atoms. The van der Waals surface area contributed by atoms with E-state index in [2.05, 4.69) is 18.2 Å². The van der Waals surface area contributed by atoms with Crippen LogP contribution < -0.4 is 0 Å². The predicted molar refractivity (Wildman–Crippen MR) is 88.1 cm³/mol. The van der Waals surface area contributed by atoms with E-state index < -0.39 is 11.2 Å². The third kappa shape index (κ3) is 4.64. The van der Waals surface area contributed by atoms with E-state index in [0.717, 1.165) is 10.5 Å². The number of thioether (sulfide) groups is 1. The van der Waals surface area contributed by atoms with Gasteiger partial charge in [-0.3, -0.25) is 4.79 Å². The topological polar surface area (TPSA) is 37.3 Å². The molecular weight excluding hydrogens is 280 g/mol. The van der Waals surface area contributed by atoms with Crippen molar-refractivity contribution in [2.45, 2.75) is 37.3 Å². The maximum atomic E-state index is 11.5. The summed E-state index contributed by atoms with van der Waals surface area (Å²) in [6.45, 7) is 6.11. The third-order valence-electron chi connectivity index (χ3n) is 3.28. The van der Waals surface area contributed by atoms with Crippen LogP contribution in [0.25, 0.3) is 0 Å². The zero-order valence-corrected chi connectivity index (χ0v) is 13.4. The number of carboxylic acid groups (broad SMARTS) is 1. The largest absolute Gasteiger partial charge is 0.480 e. The van der Waals surface area contributed by atoms with E-state index in [4.69, 9.17) is 0 Å². The van der Waals surface area contributed by atoms with Crippen LogP contribution in [0.15, 0.2) is 47.4 Å². The Kier molecular flexibility index (Phi) is 5.07. The van der Waals surface area contributed by atoms with E-state index in [1.54, 1.807) is 0 Å². The van der Waals surface area contributed by atoms with Crippen LogP contribution in [0, 0.1) is 20.8 Å². The number of hydrogen-bond acceptors (Lipinski definition) is 2. The lowest BCUT2D eigenvalue weighted by Crippen LogP contribution is -2.19. The van der Waals surface area contributed by atoms with Crippen LogP contribution in [0.3, 0.4) is 0 Å². The highest BCUT2D eigenvalue weighted by Gasteiger charge is 2.19. The van der Waals surface area contributed by atoms with E-state index in [0.29, 0.717) is 6.42 Å². The summed E-state index contributed by atoms with van der Waals surface area (Å²) in [5, 5.41) is 9.00. The van der Waals surface area contributed by atoms with Crippen molar-refractivity contribution in [1.82, 2.24) is 0 Å². The van der Waals surface area contributed by atoms with Crippen LogP contribution in [0.4, 0.5) is 0 Å². The van der Waals surface area contributed by atoms with Crippen molar-refractivity contribution >= 4 is 17.7 Å². The molecular formula is C18H20O2S. The first kappa shape index (κ1) is 15.6. The molecule has 0 saturated carbocycles. The molecule has 21 heavy (non-hydrogen) atoms. The Labute approximate surface area is 130 Å². The van der Waals surface area contributed by atoms with E-state index >= 15 is 0 Å². The minimum Gasteiger partial charge on any atom is -0.480 e. The number of aryl methyl sites for hydroxylation is 3.